The smallest absolute Gasteiger partial charge is 0.309 e. The Kier molecular flexibility index (Phi) is 8.24. The van der Waals surface area contributed by atoms with E-state index in [0.29, 0.717) is 37.5 Å². The van der Waals surface area contributed by atoms with Crippen LogP contribution < -0.4 is 0 Å². The molecule has 140 valence electrons. The van der Waals surface area contributed by atoms with E-state index in [2.05, 4.69) is 27.7 Å². The lowest BCUT2D eigenvalue weighted by Crippen LogP contribution is -2.44. The van der Waals surface area contributed by atoms with Crippen molar-refractivity contribution in [1.82, 2.24) is 0 Å². The van der Waals surface area contributed by atoms with Crippen molar-refractivity contribution in [3.63, 3.8) is 0 Å². The van der Waals surface area contributed by atoms with Gasteiger partial charge in [0.25, 0.3) is 0 Å². The molecule has 0 saturated heterocycles. The molecule has 0 aromatic rings. The van der Waals surface area contributed by atoms with Crippen LogP contribution in [0.3, 0.4) is 0 Å². The average molecular weight is 341 g/mol. The van der Waals surface area contributed by atoms with Gasteiger partial charge in [-0.05, 0) is 56.3 Å². The SMILES string of the molecule is CC(C)CCCCC1CC(C(=O)O)CCC1(CCC(C)C)C(=O)O. The van der Waals surface area contributed by atoms with Crippen LogP contribution in [0.4, 0.5) is 0 Å². The fourth-order valence-corrected chi connectivity index (χ4v) is 4.15. The highest BCUT2D eigenvalue weighted by Crippen LogP contribution is 2.49. The van der Waals surface area contributed by atoms with Gasteiger partial charge in [-0.1, -0.05) is 47.0 Å². The Bertz CT molecular complexity index is 416. The van der Waals surface area contributed by atoms with E-state index in [9.17, 15) is 19.8 Å². The summed E-state index contributed by atoms with van der Waals surface area (Å²) in [5.74, 6) is -0.707. The van der Waals surface area contributed by atoms with Crippen molar-refractivity contribution in [2.75, 3.05) is 0 Å². The van der Waals surface area contributed by atoms with Gasteiger partial charge in [-0.2, -0.15) is 0 Å². The van der Waals surface area contributed by atoms with E-state index < -0.39 is 17.4 Å². The van der Waals surface area contributed by atoms with Crippen LogP contribution in [-0.4, -0.2) is 22.2 Å². The van der Waals surface area contributed by atoms with Gasteiger partial charge in [0.05, 0.1) is 11.3 Å². The average Bonchev–Trinajstić information content (AvgIpc) is 2.49. The molecule has 1 aliphatic carbocycles. The van der Waals surface area contributed by atoms with Crippen LogP contribution in [0.5, 0.6) is 0 Å². The molecule has 0 amide bonds. The zero-order valence-corrected chi connectivity index (χ0v) is 15.9. The maximum atomic E-state index is 12.2. The molecule has 2 N–H and O–H groups in total. The summed E-state index contributed by atoms with van der Waals surface area (Å²) in [4.78, 5) is 23.6. The minimum Gasteiger partial charge on any atom is -0.481 e. The Labute approximate surface area is 147 Å². The first-order valence-electron chi connectivity index (χ1n) is 9.65. The number of carboxylic acid groups (broad SMARTS) is 2. The summed E-state index contributed by atoms with van der Waals surface area (Å²) in [5.41, 5.74) is -0.714. The van der Waals surface area contributed by atoms with Gasteiger partial charge in [-0.3, -0.25) is 9.59 Å². The van der Waals surface area contributed by atoms with Crippen molar-refractivity contribution in [1.29, 1.82) is 0 Å². The number of hydrogen-bond acceptors (Lipinski definition) is 2. The Morgan fingerprint density at radius 2 is 1.67 bits per heavy atom. The summed E-state index contributed by atoms with van der Waals surface area (Å²) in [6, 6.07) is 0. The van der Waals surface area contributed by atoms with Crippen LogP contribution >= 0.6 is 0 Å². The van der Waals surface area contributed by atoms with Crippen molar-refractivity contribution >= 4 is 11.9 Å². The molecule has 0 aliphatic heterocycles. The molecule has 1 saturated carbocycles. The summed E-state index contributed by atoms with van der Waals surface area (Å²) >= 11 is 0. The second kappa shape index (κ2) is 9.43. The molecular weight excluding hydrogens is 304 g/mol. The number of carboxylic acids is 2. The van der Waals surface area contributed by atoms with Crippen molar-refractivity contribution in [3.8, 4) is 0 Å². The highest BCUT2D eigenvalue weighted by atomic mass is 16.4. The van der Waals surface area contributed by atoms with Gasteiger partial charge in [-0.15, -0.1) is 0 Å². The summed E-state index contributed by atoms with van der Waals surface area (Å²) in [5, 5.41) is 19.4. The minimum atomic E-state index is -0.759. The van der Waals surface area contributed by atoms with E-state index in [1.54, 1.807) is 0 Å². The molecule has 0 aromatic carbocycles. The van der Waals surface area contributed by atoms with Crippen LogP contribution in [0.25, 0.3) is 0 Å². The summed E-state index contributed by atoms with van der Waals surface area (Å²) in [6.45, 7) is 8.64. The van der Waals surface area contributed by atoms with Crippen molar-refractivity contribution in [2.24, 2.45) is 29.1 Å². The van der Waals surface area contributed by atoms with Gasteiger partial charge in [0.1, 0.15) is 0 Å². The molecule has 1 aliphatic rings. The van der Waals surface area contributed by atoms with Crippen LogP contribution in [-0.2, 0) is 9.59 Å². The molecule has 0 radical (unpaired) electrons. The molecule has 1 fully saturated rings. The normalized spacial score (nSPS) is 27.6. The van der Waals surface area contributed by atoms with E-state index in [4.69, 9.17) is 0 Å². The molecule has 3 unspecified atom stereocenters. The zero-order chi connectivity index (χ0) is 18.3. The molecule has 3 atom stereocenters. The van der Waals surface area contributed by atoms with Crippen molar-refractivity contribution in [2.45, 2.75) is 85.5 Å². The summed E-state index contributed by atoms with van der Waals surface area (Å²) in [6.07, 6.45) is 7.23. The van der Waals surface area contributed by atoms with E-state index >= 15 is 0 Å². The minimum absolute atomic E-state index is 0.00392. The van der Waals surface area contributed by atoms with Gasteiger partial charge in [0.15, 0.2) is 0 Å². The largest absolute Gasteiger partial charge is 0.481 e. The van der Waals surface area contributed by atoms with Gasteiger partial charge in [0.2, 0.25) is 0 Å². The maximum Gasteiger partial charge on any atom is 0.309 e. The van der Waals surface area contributed by atoms with Crippen LogP contribution in [0, 0.1) is 29.1 Å². The first-order chi connectivity index (χ1) is 11.2. The molecule has 4 heteroatoms. The summed E-state index contributed by atoms with van der Waals surface area (Å²) < 4.78 is 0. The number of unbranched alkanes of at least 4 members (excludes halogenated alkanes) is 1. The number of aliphatic carboxylic acids is 2. The topological polar surface area (TPSA) is 74.6 Å². The van der Waals surface area contributed by atoms with Gasteiger partial charge < -0.3 is 10.2 Å². The van der Waals surface area contributed by atoms with Crippen LogP contribution in [0.15, 0.2) is 0 Å². The number of carbonyl (C=O) groups is 2. The molecule has 24 heavy (non-hydrogen) atoms. The molecule has 0 aromatic heterocycles. The number of rotatable bonds is 10. The third-order valence-corrected chi connectivity index (χ3v) is 5.82. The van der Waals surface area contributed by atoms with E-state index in [1.807, 2.05) is 0 Å². The number of hydrogen-bond donors (Lipinski definition) is 2. The lowest BCUT2D eigenvalue weighted by atomic mass is 9.59. The molecule has 1 rings (SSSR count). The van der Waals surface area contributed by atoms with Gasteiger partial charge in [-0.25, -0.2) is 0 Å². The Morgan fingerprint density at radius 1 is 1.04 bits per heavy atom. The molecule has 4 nitrogen and oxygen atoms in total. The first-order valence-corrected chi connectivity index (χ1v) is 9.65. The monoisotopic (exact) mass is 340 g/mol. The Balaban J connectivity index is 2.85. The second-order valence-electron chi connectivity index (χ2n) is 8.58. The molecule has 0 bridgehead atoms. The van der Waals surface area contributed by atoms with E-state index in [1.165, 1.54) is 0 Å². The third kappa shape index (κ3) is 5.78. The quantitative estimate of drug-likeness (QED) is 0.535. The maximum absolute atomic E-state index is 12.2. The summed E-state index contributed by atoms with van der Waals surface area (Å²) in [7, 11) is 0. The highest BCUT2D eigenvalue weighted by molar-refractivity contribution is 5.76. The Morgan fingerprint density at radius 3 is 2.17 bits per heavy atom. The second-order valence-corrected chi connectivity index (χ2v) is 8.58. The Hall–Kier alpha value is -1.06. The predicted molar refractivity (Wildman–Crippen MR) is 95.9 cm³/mol. The lowest BCUT2D eigenvalue weighted by Gasteiger charge is -2.43. The van der Waals surface area contributed by atoms with Crippen LogP contribution in [0.1, 0.15) is 85.5 Å². The van der Waals surface area contributed by atoms with Crippen molar-refractivity contribution < 1.29 is 19.8 Å². The molecular formula is C20H36O4. The van der Waals surface area contributed by atoms with Crippen molar-refractivity contribution in [3.05, 3.63) is 0 Å². The molecule has 0 heterocycles. The fourth-order valence-electron chi connectivity index (χ4n) is 4.15. The molecule has 0 spiro atoms. The zero-order valence-electron chi connectivity index (χ0n) is 15.9. The van der Waals surface area contributed by atoms with Gasteiger partial charge >= 0.3 is 11.9 Å². The highest BCUT2D eigenvalue weighted by Gasteiger charge is 2.49. The standard InChI is InChI=1S/C20H36O4/c1-14(2)7-5-6-8-17-13-16(18(21)22)10-12-20(17,19(23)24)11-9-15(3)4/h14-17H,5-13H2,1-4H3,(H,21,22)(H,23,24). The van der Waals surface area contributed by atoms with Gasteiger partial charge in [0, 0.05) is 0 Å². The van der Waals surface area contributed by atoms with E-state index in [-0.39, 0.29) is 11.8 Å². The first kappa shape index (κ1) is 21.0. The predicted octanol–water partition coefficient (Wildman–Crippen LogP) is 5.21. The lowest BCUT2D eigenvalue weighted by molar-refractivity contribution is -0.161. The van der Waals surface area contributed by atoms with E-state index in [0.717, 1.165) is 32.1 Å². The van der Waals surface area contributed by atoms with Crippen LogP contribution in [0.2, 0.25) is 0 Å². The fraction of sp³-hybridized carbons (Fsp3) is 0.900. The third-order valence-electron chi connectivity index (χ3n) is 5.82.